The number of fused-ring (bicyclic) bond motifs is 2. The summed E-state index contributed by atoms with van der Waals surface area (Å²) in [6.45, 7) is 8.24. The molecular weight excluding hydrogens is 346 g/mol. The Morgan fingerprint density at radius 1 is 1.12 bits per heavy atom. The Hall–Kier alpha value is -1.43. The first kappa shape index (κ1) is 17.0. The Morgan fingerprint density at radius 3 is 2.56 bits per heavy atom. The van der Waals surface area contributed by atoms with Gasteiger partial charge in [0.25, 0.3) is 0 Å². The minimum atomic E-state index is -3.41. The topological polar surface area (TPSA) is 37.4 Å². The van der Waals surface area contributed by atoms with Gasteiger partial charge >= 0.3 is 0 Å². The van der Waals surface area contributed by atoms with Gasteiger partial charge in [0, 0.05) is 18.5 Å². The van der Waals surface area contributed by atoms with E-state index in [0.29, 0.717) is 23.9 Å². The van der Waals surface area contributed by atoms with Gasteiger partial charge in [0.2, 0.25) is 10.0 Å². The summed E-state index contributed by atoms with van der Waals surface area (Å²) in [5.74, 6) is 0.496. The first-order valence-corrected chi connectivity index (χ1v) is 13.9. The molecule has 132 valence electrons. The Balaban J connectivity index is 1.60. The van der Waals surface area contributed by atoms with Crippen LogP contribution >= 0.6 is 0 Å². The van der Waals surface area contributed by atoms with Gasteiger partial charge in [0.1, 0.15) is 0 Å². The normalized spacial score (nSPS) is 27.1. The van der Waals surface area contributed by atoms with Crippen LogP contribution in [0.15, 0.2) is 59.1 Å². The van der Waals surface area contributed by atoms with Crippen molar-refractivity contribution >= 4 is 28.9 Å². The zero-order chi connectivity index (χ0) is 17.9. The number of piperidine rings is 1. The predicted octanol–water partition coefficient (Wildman–Crippen LogP) is 4.28. The van der Waals surface area contributed by atoms with E-state index in [1.165, 1.54) is 0 Å². The van der Waals surface area contributed by atoms with E-state index < -0.39 is 18.1 Å². The largest absolute Gasteiger partial charge is 0.243 e. The number of rotatable bonds is 4. The molecule has 4 rings (SSSR count). The SMILES string of the molecule is C[Si](C)(C)/C=C/[C@]12C[C@H]1CN(S(=O)(=O)c1ccc3ccccc3c1)C2. The van der Waals surface area contributed by atoms with Gasteiger partial charge in [-0.2, -0.15) is 4.31 Å². The van der Waals surface area contributed by atoms with Crippen LogP contribution in [0.2, 0.25) is 19.6 Å². The third kappa shape index (κ3) is 3.09. The van der Waals surface area contributed by atoms with Gasteiger partial charge in [-0.15, -0.1) is 0 Å². The maximum absolute atomic E-state index is 13.1. The number of hydrogen-bond donors (Lipinski definition) is 0. The fraction of sp³-hybridized carbons (Fsp3) is 0.400. The van der Waals surface area contributed by atoms with Crippen molar-refractivity contribution in [1.29, 1.82) is 0 Å². The van der Waals surface area contributed by atoms with E-state index in [1.807, 2.05) is 30.3 Å². The molecule has 0 bridgehead atoms. The van der Waals surface area contributed by atoms with Crippen LogP contribution in [0.4, 0.5) is 0 Å². The van der Waals surface area contributed by atoms with Crippen LogP contribution < -0.4 is 0 Å². The molecule has 1 saturated heterocycles. The van der Waals surface area contributed by atoms with E-state index in [9.17, 15) is 8.42 Å². The van der Waals surface area contributed by atoms with Crippen LogP contribution in [0.5, 0.6) is 0 Å². The van der Waals surface area contributed by atoms with Gasteiger partial charge in [-0.05, 0) is 35.2 Å². The maximum atomic E-state index is 13.1. The Kier molecular flexibility index (Phi) is 3.76. The lowest BCUT2D eigenvalue weighted by atomic mass is 10.1. The molecule has 2 atom stereocenters. The minimum absolute atomic E-state index is 0.101. The highest BCUT2D eigenvalue weighted by atomic mass is 32.2. The summed E-state index contributed by atoms with van der Waals surface area (Å²) < 4.78 is 27.9. The van der Waals surface area contributed by atoms with E-state index in [0.717, 1.165) is 17.2 Å². The molecule has 0 aromatic heterocycles. The van der Waals surface area contributed by atoms with Crippen LogP contribution in [0.3, 0.4) is 0 Å². The van der Waals surface area contributed by atoms with E-state index >= 15 is 0 Å². The lowest BCUT2D eigenvalue weighted by Crippen LogP contribution is -2.31. The third-order valence-electron chi connectivity index (χ3n) is 5.45. The number of hydrogen-bond acceptors (Lipinski definition) is 2. The van der Waals surface area contributed by atoms with Crippen LogP contribution in [0.1, 0.15) is 6.42 Å². The molecule has 5 heteroatoms. The molecule has 2 aromatic rings. The molecule has 2 aliphatic rings. The van der Waals surface area contributed by atoms with Crippen molar-refractivity contribution in [2.75, 3.05) is 13.1 Å². The van der Waals surface area contributed by atoms with Crippen LogP contribution in [-0.2, 0) is 10.0 Å². The molecule has 1 aliphatic heterocycles. The second-order valence-corrected chi connectivity index (χ2v) is 15.6. The van der Waals surface area contributed by atoms with Crippen molar-refractivity contribution in [2.45, 2.75) is 31.0 Å². The molecule has 1 heterocycles. The summed E-state index contributed by atoms with van der Waals surface area (Å²) in [4.78, 5) is 0.414. The van der Waals surface area contributed by atoms with E-state index in [2.05, 4.69) is 31.4 Å². The Bertz CT molecular complexity index is 961. The quantitative estimate of drug-likeness (QED) is 0.752. The van der Waals surface area contributed by atoms with E-state index in [4.69, 9.17) is 0 Å². The molecule has 0 radical (unpaired) electrons. The molecule has 3 nitrogen and oxygen atoms in total. The summed E-state index contributed by atoms with van der Waals surface area (Å²) in [7, 11) is -4.67. The predicted molar refractivity (Wildman–Crippen MR) is 106 cm³/mol. The first-order valence-electron chi connectivity index (χ1n) is 8.89. The van der Waals surface area contributed by atoms with Crippen LogP contribution in [0.25, 0.3) is 10.8 Å². The second-order valence-electron chi connectivity index (χ2n) is 8.64. The highest BCUT2D eigenvalue weighted by Gasteiger charge is 2.60. The van der Waals surface area contributed by atoms with Gasteiger partial charge in [-0.25, -0.2) is 8.42 Å². The Morgan fingerprint density at radius 2 is 1.84 bits per heavy atom. The standard InChI is InChI=1S/C20H25NO2SSi/c1-25(2,3)11-10-20-13-18(20)14-21(15-20)24(22,23)19-9-8-16-6-4-5-7-17(16)12-19/h4-12,18H,13-15H2,1-3H3/b11-10+/t18-,20+/m0/s1. The van der Waals surface area contributed by atoms with Crippen LogP contribution in [0, 0.1) is 11.3 Å². The number of nitrogens with zero attached hydrogens (tertiary/aromatic N) is 1. The molecule has 0 spiro atoms. The van der Waals surface area contributed by atoms with Crippen molar-refractivity contribution in [2.24, 2.45) is 11.3 Å². The highest BCUT2D eigenvalue weighted by Crippen LogP contribution is 2.59. The fourth-order valence-corrected chi connectivity index (χ4v) is 6.24. The monoisotopic (exact) mass is 371 g/mol. The average Bonchev–Trinajstić information content (AvgIpc) is 3.12. The third-order valence-corrected chi connectivity index (χ3v) is 8.42. The van der Waals surface area contributed by atoms with Crippen molar-refractivity contribution < 1.29 is 8.42 Å². The molecule has 1 saturated carbocycles. The number of benzene rings is 2. The number of sulfonamides is 1. The minimum Gasteiger partial charge on any atom is -0.207 e. The molecule has 0 amide bonds. The summed E-state index contributed by atoms with van der Waals surface area (Å²) in [5.41, 5.74) is 2.48. The van der Waals surface area contributed by atoms with E-state index in [-0.39, 0.29) is 5.41 Å². The summed E-state index contributed by atoms with van der Waals surface area (Å²) in [6, 6.07) is 13.3. The van der Waals surface area contributed by atoms with Gasteiger partial charge in [-0.3, -0.25) is 0 Å². The first-order chi connectivity index (χ1) is 11.7. The summed E-state index contributed by atoms with van der Waals surface area (Å²) in [5, 5.41) is 2.04. The molecule has 1 aliphatic carbocycles. The molecule has 0 N–H and O–H groups in total. The average molecular weight is 372 g/mol. The smallest absolute Gasteiger partial charge is 0.207 e. The van der Waals surface area contributed by atoms with Crippen molar-refractivity contribution in [3.8, 4) is 0 Å². The summed E-state index contributed by atoms with van der Waals surface area (Å²) >= 11 is 0. The zero-order valence-corrected chi connectivity index (χ0v) is 16.9. The lowest BCUT2D eigenvalue weighted by Gasteiger charge is -2.20. The zero-order valence-electron chi connectivity index (χ0n) is 15.1. The molecule has 2 aromatic carbocycles. The van der Waals surface area contributed by atoms with Crippen molar-refractivity contribution in [3.05, 3.63) is 54.2 Å². The second kappa shape index (κ2) is 5.53. The van der Waals surface area contributed by atoms with Gasteiger partial charge in [0.05, 0.1) is 13.0 Å². The van der Waals surface area contributed by atoms with Crippen molar-refractivity contribution in [3.63, 3.8) is 0 Å². The molecule has 0 unspecified atom stereocenters. The maximum Gasteiger partial charge on any atom is 0.243 e. The van der Waals surface area contributed by atoms with E-state index in [1.54, 1.807) is 16.4 Å². The Labute approximate surface area is 151 Å². The molecule has 2 fully saturated rings. The highest BCUT2D eigenvalue weighted by molar-refractivity contribution is 7.89. The lowest BCUT2D eigenvalue weighted by molar-refractivity contribution is 0.427. The molecule has 25 heavy (non-hydrogen) atoms. The van der Waals surface area contributed by atoms with Gasteiger partial charge in [0.15, 0.2) is 0 Å². The van der Waals surface area contributed by atoms with Crippen molar-refractivity contribution in [1.82, 2.24) is 4.31 Å². The summed E-state index contributed by atoms with van der Waals surface area (Å²) in [6.07, 6.45) is 3.47. The van der Waals surface area contributed by atoms with Crippen LogP contribution in [-0.4, -0.2) is 33.9 Å². The fourth-order valence-electron chi connectivity index (χ4n) is 3.81. The van der Waals surface area contributed by atoms with Gasteiger partial charge < -0.3 is 0 Å². The van der Waals surface area contributed by atoms with Gasteiger partial charge in [-0.1, -0.05) is 61.7 Å². The molecular formula is C20H25NO2SSi.